The highest BCUT2D eigenvalue weighted by Gasteiger charge is 2.32. The lowest BCUT2D eigenvalue weighted by Gasteiger charge is -2.21. The molecule has 3 N–H and O–H groups in total. The number of rotatable bonds is 6. The summed E-state index contributed by atoms with van der Waals surface area (Å²) in [7, 11) is 0. The minimum Gasteiger partial charge on any atom is -0.325 e. The molecule has 1 aliphatic heterocycles. The molecule has 3 atom stereocenters. The fourth-order valence-electron chi connectivity index (χ4n) is 2.14. The van der Waals surface area contributed by atoms with Gasteiger partial charge in [-0.3, -0.25) is 4.79 Å². The third-order valence-electron chi connectivity index (χ3n) is 3.52. The van der Waals surface area contributed by atoms with Gasteiger partial charge >= 0.3 is 0 Å². The minimum absolute atomic E-state index is 0.0366. The van der Waals surface area contributed by atoms with Crippen LogP contribution in [0.3, 0.4) is 0 Å². The van der Waals surface area contributed by atoms with E-state index in [4.69, 9.17) is 0 Å². The quantitative estimate of drug-likeness (QED) is 0.682. The van der Waals surface area contributed by atoms with E-state index in [0.29, 0.717) is 12.1 Å². The topological polar surface area (TPSA) is 63.1 Å². The Hall–Kier alpha value is -1.39. The number of hydrogen-bond donors (Lipinski definition) is 3. The van der Waals surface area contributed by atoms with E-state index in [0.717, 1.165) is 12.2 Å². The third kappa shape index (κ3) is 4.04. The second-order valence-corrected chi connectivity index (χ2v) is 5.55. The molecule has 2 rings (SSSR count). The van der Waals surface area contributed by atoms with Crippen LogP contribution in [0.25, 0.3) is 0 Å². The van der Waals surface area contributed by atoms with Crippen LogP contribution >= 0.6 is 0 Å². The van der Waals surface area contributed by atoms with Crippen molar-refractivity contribution in [2.24, 2.45) is 5.92 Å². The molecule has 1 aliphatic rings. The molecule has 1 unspecified atom stereocenters. The molecular weight excluding hydrogens is 238 g/mol. The van der Waals surface area contributed by atoms with E-state index in [-0.39, 0.29) is 17.9 Å². The van der Waals surface area contributed by atoms with Gasteiger partial charge in [0.15, 0.2) is 0 Å². The molecule has 1 fully saturated rings. The molecule has 4 heteroatoms. The minimum atomic E-state index is -0.158. The maximum Gasteiger partial charge on any atom is 0.241 e. The van der Waals surface area contributed by atoms with Crippen LogP contribution in [0.4, 0.5) is 5.69 Å². The summed E-state index contributed by atoms with van der Waals surface area (Å²) in [5, 5.41) is 9.63. The number of hydrogen-bond acceptors (Lipinski definition) is 3. The standard InChI is InChI=1S/C15H23N3O/c1-10(2)14(16-9-13-11(3)17-13)15(19)18-12-7-5-4-6-8-12/h4-8,10-11,13-14,16-17H,9H2,1-3H3,(H,18,19)/t11-,13-,14?/m0/s1. The molecular formula is C15H23N3O. The molecule has 0 bridgehead atoms. The fourth-order valence-corrected chi connectivity index (χ4v) is 2.14. The first kappa shape index (κ1) is 14.0. The second kappa shape index (κ2) is 6.17. The first-order valence-corrected chi connectivity index (χ1v) is 6.93. The van der Waals surface area contributed by atoms with Gasteiger partial charge in [-0.1, -0.05) is 32.0 Å². The number of anilines is 1. The lowest BCUT2D eigenvalue weighted by atomic mass is 10.0. The van der Waals surface area contributed by atoms with Crippen LogP contribution in [0.2, 0.25) is 0 Å². The van der Waals surface area contributed by atoms with Crippen LogP contribution in [0.15, 0.2) is 30.3 Å². The van der Waals surface area contributed by atoms with E-state index in [1.807, 2.05) is 30.3 Å². The van der Waals surface area contributed by atoms with Crippen LogP contribution in [-0.4, -0.2) is 30.6 Å². The van der Waals surface area contributed by atoms with Gasteiger partial charge in [0, 0.05) is 24.3 Å². The maximum absolute atomic E-state index is 12.3. The Morgan fingerprint density at radius 1 is 1.32 bits per heavy atom. The van der Waals surface area contributed by atoms with E-state index in [2.05, 4.69) is 36.7 Å². The van der Waals surface area contributed by atoms with Crippen LogP contribution in [0, 0.1) is 5.92 Å². The predicted octanol–water partition coefficient (Wildman–Crippen LogP) is 1.60. The Morgan fingerprint density at radius 3 is 2.47 bits per heavy atom. The normalized spacial score (nSPS) is 23.2. The van der Waals surface area contributed by atoms with Crippen molar-refractivity contribution in [1.82, 2.24) is 10.6 Å². The summed E-state index contributed by atoms with van der Waals surface area (Å²) < 4.78 is 0. The zero-order chi connectivity index (χ0) is 13.8. The van der Waals surface area contributed by atoms with Gasteiger partial charge in [-0.05, 0) is 25.0 Å². The molecule has 1 aromatic carbocycles. The van der Waals surface area contributed by atoms with Crippen LogP contribution in [0.1, 0.15) is 20.8 Å². The highest BCUT2D eigenvalue weighted by molar-refractivity contribution is 5.94. The van der Waals surface area contributed by atoms with Crippen LogP contribution < -0.4 is 16.0 Å². The van der Waals surface area contributed by atoms with Crippen molar-refractivity contribution in [2.75, 3.05) is 11.9 Å². The van der Waals surface area contributed by atoms with Gasteiger partial charge in [0.1, 0.15) is 0 Å². The molecule has 19 heavy (non-hydrogen) atoms. The Bertz CT molecular complexity index is 419. The van der Waals surface area contributed by atoms with Gasteiger partial charge in [0.05, 0.1) is 6.04 Å². The molecule has 4 nitrogen and oxygen atoms in total. The molecule has 0 spiro atoms. The number of carbonyl (C=O) groups is 1. The van der Waals surface area contributed by atoms with Crippen LogP contribution in [-0.2, 0) is 4.79 Å². The third-order valence-corrected chi connectivity index (χ3v) is 3.52. The zero-order valence-electron chi connectivity index (χ0n) is 11.8. The van der Waals surface area contributed by atoms with Gasteiger partial charge in [-0.15, -0.1) is 0 Å². The molecule has 104 valence electrons. The lowest BCUT2D eigenvalue weighted by Crippen LogP contribution is -2.46. The largest absolute Gasteiger partial charge is 0.325 e. The summed E-state index contributed by atoms with van der Waals surface area (Å²) in [4.78, 5) is 12.3. The summed E-state index contributed by atoms with van der Waals surface area (Å²) in [6, 6.07) is 10.5. The van der Waals surface area contributed by atoms with Crippen molar-refractivity contribution in [1.29, 1.82) is 0 Å². The highest BCUT2D eigenvalue weighted by atomic mass is 16.2. The molecule has 1 aromatic rings. The van der Waals surface area contributed by atoms with E-state index in [1.165, 1.54) is 0 Å². The average Bonchev–Trinajstić information content (AvgIpc) is 3.06. The van der Waals surface area contributed by atoms with Gasteiger partial charge in [0.2, 0.25) is 5.91 Å². The van der Waals surface area contributed by atoms with Crippen molar-refractivity contribution in [3.05, 3.63) is 30.3 Å². The summed E-state index contributed by atoms with van der Waals surface area (Å²) in [6.45, 7) is 7.12. The predicted molar refractivity (Wildman–Crippen MR) is 78.1 cm³/mol. The number of carbonyl (C=O) groups excluding carboxylic acids is 1. The van der Waals surface area contributed by atoms with Crippen molar-refractivity contribution in [2.45, 2.75) is 38.9 Å². The number of nitrogens with one attached hydrogen (secondary N) is 3. The van der Waals surface area contributed by atoms with Gasteiger partial charge in [-0.2, -0.15) is 0 Å². The van der Waals surface area contributed by atoms with Crippen molar-refractivity contribution in [3.8, 4) is 0 Å². The monoisotopic (exact) mass is 261 g/mol. The number of amides is 1. The molecule has 1 amide bonds. The van der Waals surface area contributed by atoms with E-state index in [1.54, 1.807) is 0 Å². The Morgan fingerprint density at radius 2 is 1.95 bits per heavy atom. The van der Waals surface area contributed by atoms with Gasteiger partial charge < -0.3 is 16.0 Å². The van der Waals surface area contributed by atoms with Gasteiger partial charge in [0.25, 0.3) is 0 Å². The van der Waals surface area contributed by atoms with Crippen molar-refractivity contribution in [3.63, 3.8) is 0 Å². The summed E-state index contributed by atoms with van der Waals surface area (Å²) >= 11 is 0. The van der Waals surface area contributed by atoms with Crippen LogP contribution in [0.5, 0.6) is 0 Å². The first-order chi connectivity index (χ1) is 9.08. The Labute approximate surface area is 115 Å². The first-order valence-electron chi connectivity index (χ1n) is 6.93. The fraction of sp³-hybridized carbons (Fsp3) is 0.533. The molecule has 0 aliphatic carbocycles. The van der Waals surface area contributed by atoms with E-state index in [9.17, 15) is 4.79 Å². The Kier molecular flexibility index (Phi) is 4.56. The van der Waals surface area contributed by atoms with E-state index < -0.39 is 0 Å². The smallest absolute Gasteiger partial charge is 0.241 e. The Balaban J connectivity index is 1.88. The summed E-state index contributed by atoms with van der Waals surface area (Å²) in [5.74, 6) is 0.298. The van der Waals surface area contributed by atoms with Crippen molar-refractivity contribution < 1.29 is 4.79 Å². The molecule has 0 saturated carbocycles. The molecule has 1 saturated heterocycles. The highest BCUT2D eigenvalue weighted by Crippen LogP contribution is 2.12. The lowest BCUT2D eigenvalue weighted by molar-refractivity contribution is -0.119. The SMILES string of the molecule is CC(C)C(NC[C@@H]1N[C@H]1C)C(=O)Nc1ccccc1. The van der Waals surface area contributed by atoms with Gasteiger partial charge in [-0.25, -0.2) is 0 Å². The average molecular weight is 261 g/mol. The summed E-state index contributed by atoms with van der Waals surface area (Å²) in [5.41, 5.74) is 0.845. The zero-order valence-corrected chi connectivity index (χ0v) is 11.8. The van der Waals surface area contributed by atoms with E-state index >= 15 is 0 Å². The summed E-state index contributed by atoms with van der Waals surface area (Å²) in [6.07, 6.45) is 0. The molecule has 1 heterocycles. The second-order valence-electron chi connectivity index (χ2n) is 5.55. The number of benzene rings is 1. The number of para-hydroxylation sites is 1. The van der Waals surface area contributed by atoms with Crippen molar-refractivity contribution >= 4 is 11.6 Å². The maximum atomic E-state index is 12.3. The molecule has 0 radical (unpaired) electrons. The molecule has 0 aromatic heterocycles.